The highest BCUT2D eigenvalue weighted by Crippen LogP contribution is 2.21. The normalized spacial score (nSPS) is 10.9. The molecule has 0 fully saturated rings. The molecule has 0 atom stereocenters. The molecule has 0 saturated heterocycles. The van der Waals surface area contributed by atoms with Crippen LogP contribution in [0.4, 0.5) is 0 Å². The van der Waals surface area contributed by atoms with Crippen LogP contribution in [0.25, 0.3) is 5.69 Å². The molecule has 1 N–H and O–H groups in total. The Labute approximate surface area is 111 Å². The summed E-state index contributed by atoms with van der Waals surface area (Å²) < 4.78 is 1.79. The molecule has 1 aromatic heterocycles. The average Bonchev–Trinajstić information content (AvgIpc) is 2.81. The maximum absolute atomic E-state index is 9.41. The molecule has 0 bridgehead atoms. The first-order valence-corrected chi connectivity index (χ1v) is 6.41. The summed E-state index contributed by atoms with van der Waals surface area (Å²) in [7, 11) is 0. The van der Waals surface area contributed by atoms with E-state index in [1.807, 2.05) is 19.9 Å². The largest absolute Gasteiger partial charge is 0.392 e. The Morgan fingerprint density at radius 1 is 1.28 bits per heavy atom. The van der Waals surface area contributed by atoms with Crippen molar-refractivity contribution < 1.29 is 5.11 Å². The van der Waals surface area contributed by atoms with Gasteiger partial charge in [0.25, 0.3) is 0 Å². The SMILES string of the molecule is CCc1nc(CC)n(-c2ccc(Cl)cc2CO)n1. The van der Waals surface area contributed by atoms with Crippen molar-refractivity contribution in [2.24, 2.45) is 0 Å². The molecule has 2 aromatic rings. The number of aromatic nitrogens is 3. The third-order valence-electron chi connectivity index (χ3n) is 2.79. The van der Waals surface area contributed by atoms with Gasteiger partial charge in [0.15, 0.2) is 5.82 Å². The van der Waals surface area contributed by atoms with Crippen molar-refractivity contribution in [2.45, 2.75) is 33.3 Å². The van der Waals surface area contributed by atoms with Gasteiger partial charge in [-0.1, -0.05) is 25.4 Å². The van der Waals surface area contributed by atoms with Crippen LogP contribution >= 0.6 is 11.6 Å². The smallest absolute Gasteiger partial charge is 0.151 e. The third kappa shape index (κ3) is 2.40. The second-order valence-electron chi connectivity index (χ2n) is 3.99. The van der Waals surface area contributed by atoms with Crippen LogP contribution in [0.5, 0.6) is 0 Å². The molecule has 18 heavy (non-hydrogen) atoms. The van der Waals surface area contributed by atoms with Crippen molar-refractivity contribution in [3.8, 4) is 5.69 Å². The fraction of sp³-hybridized carbons (Fsp3) is 0.385. The van der Waals surface area contributed by atoms with E-state index in [1.54, 1.807) is 16.8 Å². The van der Waals surface area contributed by atoms with Gasteiger partial charge in [-0.15, -0.1) is 0 Å². The molecule has 0 spiro atoms. The van der Waals surface area contributed by atoms with Crippen molar-refractivity contribution in [3.63, 3.8) is 0 Å². The highest BCUT2D eigenvalue weighted by molar-refractivity contribution is 6.30. The molecule has 0 radical (unpaired) electrons. The zero-order chi connectivity index (χ0) is 13.1. The molecule has 96 valence electrons. The lowest BCUT2D eigenvalue weighted by molar-refractivity contribution is 0.281. The molecule has 0 aliphatic rings. The predicted molar refractivity (Wildman–Crippen MR) is 71.0 cm³/mol. The van der Waals surface area contributed by atoms with Crippen molar-refractivity contribution in [1.82, 2.24) is 14.8 Å². The van der Waals surface area contributed by atoms with Gasteiger partial charge in [-0.2, -0.15) is 5.10 Å². The Hall–Kier alpha value is -1.39. The number of benzene rings is 1. The summed E-state index contributed by atoms with van der Waals surface area (Å²) >= 11 is 5.93. The van der Waals surface area contributed by atoms with Gasteiger partial charge in [-0.05, 0) is 18.2 Å². The summed E-state index contributed by atoms with van der Waals surface area (Å²) in [6, 6.07) is 5.41. The highest BCUT2D eigenvalue weighted by Gasteiger charge is 2.12. The summed E-state index contributed by atoms with van der Waals surface area (Å²) in [6.45, 7) is 3.99. The van der Waals surface area contributed by atoms with Crippen molar-refractivity contribution in [3.05, 3.63) is 40.4 Å². The number of aliphatic hydroxyl groups is 1. The molecular weight excluding hydrogens is 250 g/mol. The monoisotopic (exact) mass is 265 g/mol. The van der Waals surface area contributed by atoms with E-state index in [0.29, 0.717) is 5.02 Å². The van der Waals surface area contributed by atoms with E-state index in [4.69, 9.17) is 11.6 Å². The zero-order valence-corrected chi connectivity index (χ0v) is 11.3. The molecule has 1 aromatic carbocycles. The topological polar surface area (TPSA) is 50.9 Å². The predicted octanol–water partition coefficient (Wildman–Crippen LogP) is 2.54. The lowest BCUT2D eigenvalue weighted by Crippen LogP contribution is -2.05. The van der Waals surface area contributed by atoms with Gasteiger partial charge in [0.05, 0.1) is 12.3 Å². The van der Waals surface area contributed by atoms with E-state index in [9.17, 15) is 5.11 Å². The molecule has 0 aliphatic carbocycles. The fourth-order valence-corrected chi connectivity index (χ4v) is 2.05. The van der Waals surface area contributed by atoms with Gasteiger partial charge in [0, 0.05) is 23.4 Å². The van der Waals surface area contributed by atoms with E-state index >= 15 is 0 Å². The van der Waals surface area contributed by atoms with Crippen LogP contribution in [-0.4, -0.2) is 19.9 Å². The van der Waals surface area contributed by atoms with Crippen LogP contribution in [0, 0.1) is 0 Å². The average molecular weight is 266 g/mol. The Balaban J connectivity index is 2.56. The van der Waals surface area contributed by atoms with Gasteiger partial charge >= 0.3 is 0 Å². The third-order valence-corrected chi connectivity index (χ3v) is 3.03. The minimum atomic E-state index is -0.0691. The summed E-state index contributed by atoms with van der Waals surface area (Å²) in [5, 5.41) is 14.5. The Bertz CT molecular complexity index is 551. The molecule has 0 aliphatic heterocycles. The van der Waals surface area contributed by atoms with Crippen LogP contribution in [0.1, 0.15) is 31.1 Å². The Kier molecular flexibility index (Phi) is 3.99. The minimum Gasteiger partial charge on any atom is -0.392 e. The first kappa shape index (κ1) is 13.1. The molecule has 4 nitrogen and oxygen atoms in total. The summed E-state index contributed by atoms with van der Waals surface area (Å²) in [5.74, 6) is 1.70. The first-order valence-electron chi connectivity index (χ1n) is 6.04. The molecule has 0 unspecified atom stereocenters. The Morgan fingerprint density at radius 2 is 2.06 bits per heavy atom. The maximum atomic E-state index is 9.41. The van der Waals surface area contributed by atoms with Crippen LogP contribution in [0.3, 0.4) is 0 Å². The van der Waals surface area contributed by atoms with Crippen LogP contribution in [-0.2, 0) is 19.4 Å². The Morgan fingerprint density at radius 3 is 2.67 bits per heavy atom. The quantitative estimate of drug-likeness (QED) is 0.924. The zero-order valence-electron chi connectivity index (χ0n) is 10.5. The fourth-order valence-electron chi connectivity index (χ4n) is 1.85. The van der Waals surface area contributed by atoms with Crippen molar-refractivity contribution in [1.29, 1.82) is 0 Å². The van der Waals surface area contributed by atoms with Crippen LogP contribution in [0.15, 0.2) is 18.2 Å². The number of halogens is 1. The molecule has 0 amide bonds. The lowest BCUT2D eigenvalue weighted by Gasteiger charge is -2.09. The van der Waals surface area contributed by atoms with E-state index < -0.39 is 0 Å². The van der Waals surface area contributed by atoms with Gasteiger partial charge < -0.3 is 5.11 Å². The molecule has 0 saturated carbocycles. The lowest BCUT2D eigenvalue weighted by atomic mass is 10.2. The first-order chi connectivity index (χ1) is 8.69. The van der Waals surface area contributed by atoms with Crippen molar-refractivity contribution in [2.75, 3.05) is 0 Å². The van der Waals surface area contributed by atoms with E-state index in [2.05, 4.69) is 10.1 Å². The number of aryl methyl sites for hydroxylation is 2. The van der Waals surface area contributed by atoms with Gasteiger partial charge in [0.1, 0.15) is 5.82 Å². The minimum absolute atomic E-state index is 0.0691. The second-order valence-corrected chi connectivity index (χ2v) is 4.43. The molecule has 5 heteroatoms. The van der Waals surface area contributed by atoms with E-state index in [1.165, 1.54) is 0 Å². The van der Waals surface area contributed by atoms with Gasteiger partial charge in [0.2, 0.25) is 0 Å². The number of hydrogen-bond donors (Lipinski definition) is 1. The van der Waals surface area contributed by atoms with Gasteiger partial charge in [-0.3, -0.25) is 0 Å². The standard InChI is InChI=1S/C13H16ClN3O/c1-3-12-15-13(4-2)17(16-12)11-6-5-10(14)7-9(11)8-18/h5-7,18H,3-4,8H2,1-2H3. The molecule has 2 rings (SSSR count). The molecular formula is C13H16ClN3O. The number of hydrogen-bond acceptors (Lipinski definition) is 3. The van der Waals surface area contributed by atoms with E-state index in [-0.39, 0.29) is 6.61 Å². The van der Waals surface area contributed by atoms with Crippen molar-refractivity contribution >= 4 is 11.6 Å². The number of aliphatic hydroxyl groups excluding tert-OH is 1. The molecule has 1 heterocycles. The number of nitrogens with zero attached hydrogens (tertiary/aromatic N) is 3. The maximum Gasteiger partial charge on any atom is 0.151 e. The summed E-state index contributed by atoms with van der Waals surface area (Å²) in [5.41, 5.74) is 1.59. The van der Waals surface area contributed by atoms with Crippen LogP contribution < -0.4 is 0 Å². The highest BCUT2D eigenvalue weighted by atomic mass is 35.5. The number of rotatable bonds is 4. The van der Waals surface area contributed by atoms with E-state index in [0.717, 1.165) is 35.7 Å². The second kappa shape index (κ2) is 5.50. The summed E-state index contributed by atoms with van der Waals surface area (Å²) in [4.78, 5) is 4.46. The summed E-state index contributed by atoms with van der Waals surface area (Å²) in [6.07, 6.45) is 1.59. The van der Waals surface area contributed by atoms with Gasteiger partial charge in [-0.25, -0.2) is 9.67 Å². The van der Waals surface area contributed by atoms with Crippen LogP contribution in [0.2, 0.25) is 5.02 Å².